The first-order valence-electron chi connectivity index (χ1n) is 7.67. The summed E-state index contributed by atoms with van der Waals surface area (Å²) in [6, 6.07) is 4.20. The number of thiocarbonyl (C=S) groups is 1. The van der Waals surface area contributed by atoms with Crippen LogP contribution in [0.4, 0.5) is 0 Å². The summed E-state index contributed by atoms with van der Waals surface area (Å²) < 4.78 is 11.1. The summed E-state index contributed by atoms with van der Waals surface area (Å²) in [4.78, 5) is 24.9. The van der Waals surface area contributed by atoms with Gasteiger partial charge in [0, 0.05) is 0 Å². The first kappa shape index (κ1) is 19.3. The highest BCUT2D eigenvalue weighted by molar-refractivity contribution is 8.26. The smallest absolute Gasteiger partial charge is 0.266 e. The van der Waals surface area contributed by atoms with Gasteiger partial charge in [-0.15, -0.1) is 0 Å². The molecule has 8 heteroatoms. The average molecular weight is 380 g/mol. The van der Waals surface area contributed by atoms with Crippen LogP contribution in [-0.2, 0) is 9.59 Å². The van der Waals surface area contributed by atoms with E-state index in [9.17, 15) is 14.7 Å². The monoisotopic (exact) mass is 380 g/mol. The van der Waals surface area contributed by atoms with Crippen molar-refractivity contribution < 1.29 is 24.2 Å². The number of ether oxygens (including phenoxy) is 2. The second-order valence-corrected chi connectivity index (χ2v) is 6.98. The average Bonchev–Trinajstić information content (AvgIpc) is 2.86. The van der Waals surface area contributed by atoms with Crippen LogP contribution in [0.3, 0.4) is 0 Å². The lowest BCUT2D eigenvalue weighted by atomic mass is 10.1. The van der Waals surface area contributed by atoms with Crippen LogP contribution < -0.4 is 14.6 Å². The number of amides is 1. The lowest BCUT2D eigenvalue weighted by Crippen LogP contribution is -2.48. The molecule has 1 fully saturated rings. The Morgan fingerprint density at radius 3 is 2.76 bits per heavy atom. The summed E-state index contributed by atoms with van der Waals surface area (Å²) in [5.74, 6) is -0.617. The Morgan fingerprint density at radius 2 is 2.16 bits per heavy atom. The number of carbonyl (C=O) groups excluding carboxylic acids is 2. The zero-order chi connectivity index (χ0) is 18.6. The molecule has 0 bridgehead atoms. The van der Waals surface area contributed by atoms with Gasteiger partial charge in [0.1, 0.15) is 4.32 Å². The third-order valence-corrected chi connectivity index (χ3v) is 4.83. The van der Waals surface area contributed by atoms with Gasteiger partial charge >= 0.3 is 0 Å². The maximum Gasteiger partial charge on any atom is 0.266 e. The molecule has 1 aromatic rings. The quantitative estimate of drug-likeness (QED) is 0.527. The van der Waals surface area contributed by atoms with Crippen molar-refractivity contribution in [2.75, 3.05) is 13.7 Å². The summed E-state index contributed by atoms with van der Waals surface area (Å²) in [6.07, 6.45) is 2.53. The Balaban J connectivity index is 2.27. The summed E-state index contributed by atoms with van der Waals surface area (Å²) in [5.41, 5.74) is 0.724. The second kappa shape index (κ2) is 8.35. The molecule has 1 aromatic carbocycles. The fraction of sp³-hybridized carbons (Fsp3) is 0.353. The van der Waals surface area contributed by atoms with Gasteiger partial charge in [0.15, 0.2) is 11.5 Å². The zero-order valence-corrected chi connectivity index (χ0v) is 15.7. The summed E-state index contributed by atoms with van der Waals surface area (Å²) in [6.45, 7) is 3.96. The number of rotatable bonds is 7. The number of carbonyl (C=O) groups is 2. The van der Waals surface area contributed by atoms with Crippen molar-refractivity contribution in [1.82, 2.24) is 4.90 Å². The van der Waals surface area contributed by atoms with Crippen LogP contribution >= 0.6 is 24.0 Å². The van der Waals surface area contributed by atoms with Gasteiger partial charge in [-0.05, 0) is 37.1 Å². The van der Waals surface area contributed by atoms with Gasteiger partial charge in [0.2, 0.25) is 0 Å². The third-order valence-electron chi connectivity index (χ3n) is 3.50. The number of benzene rings is 1. The first-order chi connectivity index (χ1) is 11.9. The van der Waals surface area contributed by atoms with Crippen LogP contribution in [0.15, 0.2) is 23.1 Å². The number of carboxylic acid groups (broad SMARTS) is 1. The molecule has 1 aliphatic rings. The van der Waals surface area contributed by atoms with E-state index in [0.717, 1.165) is 28.6 Å². The van der Waals surface area contributed by atoms with Crippen LogP contribution in [0, 0.1) is 0 Å². The molecule has 1 atom stereocenters. The molecule has 0 radical (unpaired) electrons. The van der Waals surface area contributed by atoms with E-state index in [1.165, 1.54) is 6.92 Å². The summed E-state index contributed by atoms with van der Waals surface area (Å²) >= 11 is 6.17. The van der Waals surface area contributed by atoms with Crippen molar-refractivity contribution in [3.63, 3.8) is 0 Å². The minimum absolute atomic E-state index is 0.197. The minimum Gasteiger partial charge on any atom is -0.548 e. The van der Waals surface area contributed by atoms with Crippen LogP contribution in [0.5, 0.6) is 11.5 Å². The Labute approximate surface area is 155 Å². The number of hydrogen-bond donors (Lipinski definition) is 0. The highest BCUT2D eigenvalue weighted by Crippen LogP contribution is 2.35. The maximum atomic E-state index is 12.4. The van der Waals surface area contributed by atoms with Gasteiger partial charge in [-0.1, -0.05) is 37.0 Å². The van der Waals surface area contributed by atoms with Crippen molar-refractivity contribution in [1.29, 1.82) is 0 Å². The highest BCUT2D eigenvalue weighted by atomic mass is 32.2. The van der Waals surface area contributed by atoms with Crippen molar-refractivity contribution in [2.24, 2.45) is 0 Å². The van der Waals surface area contributed by atoms with Gasteiger partial charge in [-0.25, -0.2) is 0 Å². The minimum atomic E-state index is -1.35. The van der Waals surface area contributed by atoms with Crippen molar-refractivity contribution in [3.8, 4) is 11.5 Å². The second-order valence-electron chi connectivity index (χ2n) is 5.31. The molecule has 0 spiro atoms. The molecular weight excluding hydrogens is 362 g/mol. The molecule has 6 nitrogen and oxygen atoms in total. The molecule has 1 saturated heterocycles. The van der Waals surface area contributed by atoms with Crippen LogP contribution in [0.25, 0.3) is 6.08 Å². The molecule has 1 amide bonds. The lowest BCUT2D eigenvalue weighted by Gasteiger charge is -2.23. The normalized spacial score (nSPS) is 17.1. The first-order valence-corrected chi connectivity index (χ1v) is 8.90. The number of nitrogens with zero attached hydrogens (tertiary/aromatic N) is 1. The Bertz CT molecular complexity index is 732. The number of thioether (sulfide) groups is 1. The van der Waals surface area contributed by atoms with Gasteiger partial charge < -0.3 is 19.4 Å². The van der Waals surface area contributed by atoms with E-state index in [2.05, 4.69) is 0 Å². The van der Waals surface area contributed by atoms with Gasteiger partial charge in [0.05, 0.1) is 30.6 Å². The molecule has 1 heterocycles. The van der Waals surface area contributed by atoms with E-state index in [4.69, 9.17) is 21.7 Å². The fourth-order valence-electron chi connectivity index (χ4n) is 2.18. The van der Waals surface area contributed by atoms with Crippen molar-refractivity contribution in [2.45, 2.75) is 26.3 Å². The van der Waals surface area contributed by atoms with Gasteiger partial charge in [-0.3, -0.25) is 9.69 Å². The molecule has 1 aliphatic heterocycles. The van der Waals surface area contributed by atoms with Crippen molar-refractivity contribution >= 4 is 46.3 Å². The predicted molar refractivity (Wildman–Crippen MR) is 98.3 cm³/mol. The molecular formula is C17H18NO5S2-. The van der Waals surface area contributed by atoms with E-state index >= 15 is 0 Å². The lowest BCUT2D eigenvalue weighted by molar-refractivity contribution is -0.309. The van der Waals surface area contributed by atoms with Crippen LogP contribution in [0.1, 0.15) is 25.8 Å². The SMILES string of the molecule is CCCOc1ccc(/C=C2/SC(=S)N([C@@H](C)C(=O)[O-])C2=O)cc1OC. The Kier molecular flexibility index (Phi) is 6.44. The summed E-state index contributed by atoms with van der Waals surface area (Å²) in [5, 5.41) is 11.0. The number of aliphatic carboxylic acids is 1. The Hall–Kier alpha value is -2.06. The number of carboxylic acids is 1. The summed E-state index contributed by atoms with van der Waals surface area (Å²) in [7, 11) is 1.54. The van der Waals surface area contributed by atoms with E-state index in [-0.39, 0.29) is 4.32 Å². The molecule has 0 N–H and O–H groups in total. The number of methoxy groups -OCH3 is 1. The molecule has 25 heavy (non-hydrogen) atoms. The maximum absolute atomic E-state index is 12.4. The molecule has 0 aliphatic carbocycles. The molecule has 0 unspecified atom stereocenters. The van der Waals surface area contributed by atoms with Gasteiger partial charge in [0.25, 0.3) is 5.91 Å². The highest BCUT2D eigenvalue weighted by Gasteiger charge is 2.35. The molecule has 134 valence electrons. The van der Waals surface area contributed by atoms with E-state index in [0.29, 0.717) is 23.0 Å². The van der Waals surface area contributed by atoms with Crippen LogP contribution in [-0.4, -0.2) is 40.9 Å². The zero-order valence-electron chi connectivity index (χ0n) is 14.1. The predicted octanol–water partition coefficient (Wildman–Crippen LogP) is 1.82. The van der Waals surface area contributed by atoms with Crippen LogP contribution in [0.2, 0.25) is 0 Å². The largest absolute Gasteiger partial charge is 0.548 e. The fourth-order valence-corrected chi connectivity index (χ4v) is 3.59. The third kappa shape index (κ3) is 4.32. The molecule has 2 rings (SSSR count). The Morgan fingerprint density at radius 1 is 1.44 bits per heavy atom. The van der Waals surface area contributed by atoms with Crippen molar-refractivity contribution in [3.05, 3.63) is 28.7 Å². The van der Waals surface area contributed by atoms with E-state index < -0.39 is 17.9 Å². The van der Waals surface area contributed by atoms with E-state index in [1.54, 1.807) is 31.4 Å². The molecule has 0 aromatic heterocycles. The van der Waals surface area contributed by atoms with E-state index in [1.807, 2.05) is 6.92 Å². The number of hydrogen-bond acceptors (Lipinski definition) is 7. The topological polar surface area (TPSA) is 78.9 Å². The standard InChI is InChI=1S/C17H19NO5S2/c1-4-7-23-12-6-5-11(8-13(12)22-3)9-14-15(19)18(17(24)25-14)10(2)16(20)21/h5-6,8-10H,4,7H2,1-3H3,(H,20,21)/p-1/b14-9+/t10-/m0/s1. The molecule has 0 saturated carbocycles. The van der Waals surface area contributed by atoms with Gasteiger partial charge in [-0.2, -0.15) is 0 Å².